The number of hydrogen-bond acceptors (Lipinski definition) is 2. The third-order valence-electron chi connectivity index (χ3n) is 2.35. The minimum atomic E-state index is 0.359. The van der Waals surface area contributed by atoms with Crippen LogP contribution in [0.25, 0.3) is 0 Å². The van der Waals surface area contributed by atoms with Gasteiger partial charge in [0.05, 0.1) is 0 Å². The average molecular weight is 178 g/mol. The summed E-state index contributed by atoms with van der Waals surface area (Å²) in [7, 11) is 0. The molecule has 0 atom stereocenters. The van der Waals surface area contributed by atoms with E-state index in [0.29, 0.717) is 12.7 Å². The van der Waals surface area contributed by atoms with Crippen molar-refractivity contribution in [1.82, 2.24) is 0 Å². The molecule has 0 fully saturated rings. The number of aryl methyl sites for hydroxylation is 1. The highest BCUT2D eigenvalue weighted by Gasteiger charge is 2.17. The normalized spacial score (nSPS) is 13.8. The maximum Gasteiger partial charge on any atom is 0.231 e. The van der Waals surface area contributed by atoms with E-state index in [9.17, 15) is 0 Å². The number of fused-ring (bicyclic) bond motifs is 1. The number of hydrogen-bond donors (Lipinski definition) is 0. The second kappa shape index (κ2) is 2.95. The fourth-order valence-corrected chi connectivity index (χ4v) is 1.55. The van der Waals surface area contributed by atoms with Crippen molar-refractivity contribution in [2.75, 3.05) is 6.79 Å². The second-order valence-corrected chi connectivity index (χ2v) is 3.73. The summed E-state index contributed by atoms with van der Waals surface area (Å²) >= 11 is 0. The first-order valence-electron chi connectivity index (χ1n) is 4.58. The molecule has 0 radical (unpaired) electrons. The van der Waals surface area contributed by atoms with E-state index in [2.05, 4.69) is 32.9 Å². The van der Waals surface area contributed by atoms with Crippen molar-refractivity contribution in [3.05, 3.63) is 23.3 Å². The van der Waals surface area contributed by atoms with Gasteiger partial charge in [0.2, 0.25) is 6.79 Å². The molecule has 0 saturated heterocycles. The molecule has 0 spiro atoms. The summed E-state index contributed by atoms with van der Waals surface area (Å²) in [5, 5.41) is 0. The number of ether oxygens (including phenoxy) is 2. The van der Waals surface area contributed by atoms with Crippen LogP contribution in [-0.4, -0.2) is 6.79 Å². The van der Waals surface area contributed by atoms with Crippen LogP contribution in [0.3, 0.4) is 0 Å². The van der Waals surface area contributed by atoms with E-state index < -0.39 is 0 Å². The fourth-order valence-electron chi connectivity index (χ4n) is 1.55. The summed E-state index contributed by atoms with van der Waals surface area (Å²) in [6.07, 6.45) is 0. The molecular formula is C11H14O2. The van der Waals surface area contributed by atoms with Crippen LogP contribution in [0.15, 0.2) is 12.1 Å². The summed E-state index contributed by atoms with van der Waals surface area (Å²) in [5.74, 6) is 2.33. The average Bonchev–Trinajstić information content (AvgIpc) is 2.51. The van der Waals surface area contributed by atoms with Crippen molar-refractivity contribution in [2.24, 2.45) is 0 Å². The maximum atomic E-state index is 5.35. The van der Waals surface area contributed by atoms with E-state index in [-0.39, 0.29) is 0 Å². The van der Waals surface area contributed by atoms with Crippen molar-refractivity contribution >= 4 is 0 Å². The van der Waals surface area contributed by atoms with Gasteiger partial charge < -0.3 is 9.47 Å². The Balaban J connectivity index is 2.49. The van der Waals surface area contributed by atoms with Crippen LogP contribution in [0.4, 0.5) is 0 Å². The van der Waals surface area contributed by atoms with Gasteiger partial charge >= 0.3 is 0 Å². The smallest absolute Gasteiger partial charge is 0.231 e. The summed E-state index contributed by atoms with van der Waals surface area (Å²) in [6, 6.07) is 4.23. The number of rotatable bonds is 1. The van der Waals surface area contributed by atoms with E-state index in [1.807, 2.05) is 0 Å². The van der Waals surface area contributed by atoms with Crippen LogP contribution in [0, 0.1) is 6.92 Å². The van der Waals surface area contributed by atoms with Crippen LogP contribution in [0.1, 0.15) is 30.9 Å². The predicted octanol–water partition coefficient (Wildman–Crippen LogP) is 2.85. The summed E-state index contributed by atoms with van der Waals surface area (Å²) in [5.41, 5.74) is 2.47. The third kappa shape index (κ3) is 1.37. The molecule has 2 rings (SSSR count). The first-order valence-corrected chi connectivity index (χ1v) is 4.58. The molecular weight excluding hydrogens is 164 g/mol. The Morgan fingerprint density at radius 2 is 2.00 bits per heavy atom. The highest BCUT2D eigenvalue weighted by molar-refractivity contribution is 5.50. The molecule has 2 heteroatoms. The molecule has 0 N–H and O–H groups in total. The molecule has 13 heavy (non-hydrogen) atoms. The predicted molar refractivity (Wildman–Crippen MR) is 51.4 cm³/mol. The lowest BCUT2D eigenvalue weighted by molar-refractivity contribution is 0.173. The molecule has 0 saturated carbocycles. The highest BCUT2D eigenvalue weighted by atomic mass is 16.7. The molecule has 1 heterocycles. The van der Waals surface area contributed by atoms with Crippen LogP contribution in [-0.2, 0) is 0 Å². The van der Waals surface area contributed by atoms with Gasteiger partial charge in [-0.05, 0) is 30.0 Å². The summed E-state index contributed by atoms with van der Waals surface area (Å²) in [6.45, 7) is 6.77. The molecule has 1 aliphatic rings. The molecule has 70 valence electrons. The van der Waals surface area contributed by atoms with Crippen molar-refractivity contribution in [1.29, 1.82) is 0 Å². The maximum absolute atomic E-state index is 5.35. The Morgan fingerprint density at radius 3 is 2.69 bits per heavy atom. The molecule has 0 amide bonds. The minimum absolute atomic E-state index is 0.359. The highest BCUT2D eigenvalue weighted by Crippen LogP contribution is 2.37. The Kier molecular flexibility index (Phi) is 1.91. The molecule has 1 aliphatic heterocycles. The van der Waals surface area contributed by atoms with E-state index in [0.717, 1.165) is 11.5 Å². The molecule has 1 aromatic rings. The molecule has 0 aromatic heterocycles. The molecule has 2 nitrogen and oxygen atoms in total. The molecule has 0 aliphatic carbocycles. The van der Waals surface area contributed by atoms with E-state index in [1.165, 1.54) is 11.1 Å². The van der Waals surface area contributed by atoms with Gasteiger partial charge in [0.25, 0.3) is 0 Å². The van der Waals surface area contributed by atoms with Gasteiger partial charge in [-0.25, -0.2) is 0 Å². The van der Waals surface area contributed by atoms with Crippen molar-refractivity contribution < 1.29 is 9.47 Å². The number of benzene rings is 1. The Bertz CT molecular complexity index is 329. The monoisotopic (exact) mass is 178 g/mol. The first kappa shape index (κ1) is 8.42. The van der Waals surface area contributed by atoms with Crippen molar-refractivity contribution in [3.8, 4) is 11.5 Å². The Hall–Kier alpha value is -1.18. The quantitative estimate of drug-likeness (QED) is 0.658. The Labute approximate surface area is 78.5 Å². The van der Waals surface area contributed by atoms with Gasteiger partial charge in [-0.2, -0.15) is 0 Å². The lowest BCUT2D eigenvalue weighted by atomic mass is 10.0. The summed E-state index contributed by atoms with van der Waals surface area (Å²) in [4.78, 5) is 0. The standard InChI is InChI=1S/C11H14O2/c1-7(2)9-4-8(3)11-10(5-9)12-6-13-11/h4-5,7H,6H2,1-3H3. The lowest BCUT2D eigenvalue weighted by Crippen LogP contribution is -1.93. The van der Waals surface area contributed by atoms with E-state index >= 15 is 0 Å². The van der Waals surface area contributed by atoms with E-state index in [1.54, 1.807) is 0 Å². The van der Waals surface area contributed by atoms with Gasteiger partial charge in [-0.1, -0.05) is 19.9 Å². The zero-order valence-corrected chi connectivity index (χ0v) is 8.26. The lowest BCUT2D eigenvalue weighted by Gasteiger charge is -2.08. The van der Waals surface area contributed by atoms with Gasteiger partial charge in [-0.3, -0.25) is 0 Å². The largest absolute Gasteiger partial charge is 0.454 e. The van der Waals surface area contributed by atoms with Crippen LogP contribution in [0.2, 0.25) is 0 Å². The zero-order valence-electron chi connectivity index (χ0n) is 8.26. The molecule has 0 unspecified atom stereocenters. The SMILES string of the molecule is Cc1cc(C(C)C)cc2c1OCO2. The van der Waals surface area contributed by atoms with Crippen molar-refractivity contribution in [2.45, 2.75) is 26.7 Å². The topological polar surface area (TPSA) is 18.5 Å². The first-order chi connectivity index (χ1) is 6.18. The third-order valence-corrected chi connectivity index (χ3v) is 2.35. The van der Waals surface area contributed by atoms with Crippen LogP contribution < -0.4 is 9.47 Å². The van der Waals surface area contributed by atoms with Gasteiger partial charge in [-0.15, -0.1) is 0 Å². The van der Waals surface area contributed by atoms with Gasteiger partial charge in [0, 0.05) is 0 Å². The second-order valence-electron chi connectivity index (χ2n) is 3.73. The minimum Gasteiger partial charge on any atom is -0.454 e. The summed E-state index contributed by atoms with van der Waals surface area (Å²) < 4.78 is 10.7. The van der Waals surface area contributed by atoms with Crippen molar-refractivity contribution in [3.63, 3.8) is 0 Å². The van der Waals surface area contributed by atoms with Crippen LogP contribution in [0.5, 0.6) is 11.5 Å². The Morgan fingerprint density at radius 1 is 1.23 bits per heavy atom. The van der Waals surface area contributed by atoms with E-state index in [4.69, 9.17) is 9.47 Å². The fraction of sp³-hybridized carbons (Fsp3) is 0.455. The molecule has 0 bridgehead atoms. The van der Waals surface area contributed by atoms with Crippen LogP contribution >= 0.6 is 0 Å². The van der Waals surface area contributed by atoms with Gasteiger partial charge in [0.1, 0.15) is 0 Å². The van der Waals surface area contributed by atoms with Gasteiger partial charge in [0.15, 0.2) is 11.5 Å². The zero-order chi connectivity index (χ0) is 9.42. The molecule has 1 aromatic carbocycles.